The number of aromatic nitrogens is 3. The largest absolute Gasteiger partial charge is 0.264 e. The van der Waals surface area contributed by atoms with Crippen LogP contribution in [0.25, 0.3) is 10.9 Å². The monoisotopic (exact) mass is 231 g/mol. The van der Waals surface area contributed by atoms with Crippen LogP contribution in [0.15, 0.2) is 29.8 Å². The molecule has 4 heteroatoms. The summed E-state index contributed by atoms with van der Waals surface area (Å²) in [6, 6.07) is 1.94. The van der Waals surface area contributed by atoms with Crippen molar-refractivity contribution < 1.29 is 0 Å². The molecule has 0 aliphatic heterocycles. The lowest BCUT2D eigenvalue weighted by molar-refractivity contribution is 0.886. The molecular formula is C12H13N3S. The molecule has 1 fully saturated rings. The Morgan fingerprint density at radius 1 is 1.19 bits per heavy atom. The zero-order chi connectivity index (χ0) is 10.8. The van der Waals surface area contributed by atoms with Crippen molar-refractivity contribution >= 4 is 22.7 Å². The highest BCUT2D eigenvalue weighted by atomic mass is 32.2. The van der Waals surface area contributed by atoms with Gasteiger partial charge in [0, 0.05) is 17.6 Å². The standard InChI is InChI=1S/C12H13N3S/c1-2-4-9(3-1)16-12-10-7-13-6-5-11(10)14-8-15-12/h5-9H,1-4H2. The molecule has 0 N–H and O–H groups in total. The Morgan fingerprint density at radius 2 is 2.06 bits per heavy atom. The van der Waals surface area contributed by atoms with Crippen molar-refractivity contribution in [1.82, 2.24) is 15.0 Å². The normalized spacial score (nSPS) is 17.0. The van der Waals surface area contributed by atoms with E-state index in [0.717, 1.165) is 21.2 Å². The lowest BCUT2D eigenvalue weighted by Gasteiger charge is -2.09. The summed E-state index contributed by atoms with van der Waals surface area (Å²) in [6.07, 6.45) is 10.6. The summed E-state index contributed by atoms with van der Waals surface area (Å²) in [7, 11) is 0. The molecule has 3 rings (SSSR count). The van der Waals surface area contributed by atoms with Gasteiger partial charge in [-0.25, -0.2) is 9.97 Å². The Bertz CT molecular complexity index is 489. The molecule has 0 spiro atoms. The molecule has 0 aromatic carbocycles. The third-order valence-electron chi connectivity index (χ3n) is 2.98. The van der Waals surface area contributed by atoms with Crippen LogP contribution in [-0.4, -0.2) is 20.2 Å². The van der Waals surface area contributed by atoms with Crippen molar-refractivity contribution in [3.63, 3.8) is 0 Å². The van der Waals surface area contributed by atoms with E-state index in [4.69, 9.17) is 0 Å². The summed E-state index contributed by atoms with van der Waals surface area (Å²) < 4.78 is 0. The van der Waals surface area contributed by atoms with Crippen LogP contribution in [0.2, 0.25) is 0 Å². The van der Waals surface area contributed by atoms with E-state index in [0.29, 0.717) is 0 Å². The van der Waals surface area contributed by atoms with E-state index >= 15 is 0 Å². The highest BCUT2D eigenvalue weighted by molar-refractivity contribution is 8.00. The molecule has 2 aromatic rings. The van der Waals surface area contributed by atoms with Crippen LogP contribution in [0, 0.1) is 0 Å². The summed E-state index contributed by atoms with van der Waals surface area (Å²) in [5, 5.41) is 2.91. The van der Waals surface area contributed by atoms with Crippen molar-refractivity contribution in [3.05, 3.63) is 24.8 Å². The van der Waals surface area contributed by atoms with Gasteiger partial charge in [0.1, 0.15) is 11.4 Å². The van der Waals surface area contributed by atoms with Gasteiger partial charge in [-0.15, -0.1) is 11.8 Å². The maximum Gasteiger partial charge on any atom is 0.117 e. The number of hydrogen-bond acceptors (Lipinski definition) is 4. The van der Waals surface area contributed by atoms with Crippen LogP contribution in [0.1, 0.15) is 25.7 Å². The highest BCUT2D eigenvalue weighted by Gasteiger charge is 2.18. The predicted octanol–water partition coefficient (Wildman–Crippen LogP) is 3.06. The molecule has 82 valence electrons. The molecule has 16 heavy (non-hydrogen) atoms. The molecule has 1 saturated carbocycles. The molecule has 0 amide bonds. The van der Waals surface area contributed by atoms with Gasteiger partial charge < -0.3 is 0 Å². The average molecular weight is 231 g/mol. The minimum Gasteiger partial charge on any atom is -0.264 e. The maximum atomic E-state index is 4.38. The molecule has 0 unspecified atom stereocenters. The van der Waals surface area contributed by atoms with Crippen molar-refractivity contribution in [2.45, 2.75) is 36.0 Å². The minimum atomic E-state index is 0.735. The average Bonchev–Trinajstić information content (AvgIpc) is 2.82. The van der Waals surface area contributed by atoms with Gasteiger partial charge in [-0.05, 0) is 18.9 Å². The predicted molar refractivity (Wildman–Crippen MR) is 65.4 cm³/mol. The molecule has 1 aliphatic carbocycles. The van der Waals surface area contributed by atoms with Gasteiger partial charge in [0.25, 0.3) is 0 Å². The number of pyridine rings is 1. The summed E-state index contributed by atoms with van der Waals surface area (Å²) in [5.74, 6) is 0. The molecule has 2 aromatic heterocycles. The number of hydrogen-bond donors (Lipinski definition) is 0. The fraction of sp³-hybridized carbons (Fsp3) is 0.417. The smallest absolute Gasteiger partial charge is 0.117 e. The Hall–Kier alpha value is -1.16. The first-order chi connectivity index (χ1) is 7.93. The first-order valence-corrected chi connectivity index (χ1v) is 6.53. The third kappa shape index (κ3) is 1.89. The van der Waals surface area contributed by atoms with Crippen LogP contribution in [-0.2, 0) is 0 Å². The van der Waals surface area contributed by atoms with Crippen molar-refractivity contribution in [2.75, 3.05) is 0 Å². The van der Waals surface area contributed by atoms with Gasteiger partial charge in [0.15, 0.2) is 0 Å². The quantitative estimate of drug-likeness (QED) is 0.745. The van der Waals surface area contributed by atoms with E-state index < -0.39 is 0 Å². The van der Waals surface area contributed by atoms with Crippen LogP contribution in [0.4, 0.5) is 0 Å². The van der Waals surface area contributed by atoms with E-state index in [1.165, 1.54) is 25.7 Å². The first-order valence-electron chi connectivity index (χ1n) is 5.65. The molecule has 0 atom stereocenters. The number of fused-ring (bicyclic) bond motifs is 1. The summed E-state index contributed by atoms with van der Waals surface area (Å²) in [6.45, 7) is 0. The molecular weight excluding hydrogens is 218 g/mol. The molecule has 0 radical (unpaired) electrons. The fourth-order valence-corrected chi connectivity index (χ4v) is 3.41. The Morgan fingerprint density at radius 3 is 2.94 bits per heavy atom. The van der Waals surface area contributed by atoms with Crippen LogP contribution >= 0.6 is 11.8 Å². The second-order valence-corrected chi connectivity index (χ2v) is 5.39. The van der Waals surface area contributed by atoms with Gasteiger partial charge in [-0.3, -0.25) is 4.98 Å². The molecule has 1 aliphatic rings. The van der Waals surface area contributed by atoms with E-state index in [-0.39, 0.29) is 0 Å². The summed E-state index contributed by atoms with van der Waals surface area (Å²) in [5.41, 5.74) is 0.991. The van der Waals surface area contributed by atoms with Gasteiger partial charge >= 0.3 is 0 Å². The summed E-state index contributed by atoms with van der Waals surface area (Å²) in [4.78, 5) is 12.8. The van der Waals surface area contributed by atoms with Crippen LogP contribution in [0.5, 0.6) is 0 Å². The lowest BCUT2D eigenvalue weighted by Crippen LogP contribution is -1.96. The number of rotatable bonds is 2. The van der Waals surface area contributed by atoms with Crippen molar-refractivity contribution in [3.8, 4) is 0 Å². The van der Waals surface area contributed by atoms with E-state index in [1.54, 1.807) is 12.5 Å². The Kier molecular flexibility index (Phi) is 2.74. The first kappa shape index (κ1) is 10.0. The zero-order valence-electron chi connectivity index (χ0n) is 8.97. The second kappa shape index (κ2) is 4.37. The van der Waals surface area contributed by atoms with Crippen molar-refractivity contribution in [1.29, 1.82) is 0 Å². The third-order valence-corrected chi connectivity index (χ3v) is 4.33. The molecule has 0 bridgehead atoms. The minimum absolute atomic E-state index is 0.735. The molecule has 3 nitrogen and oxygen atoms in total. The summed E-state index contributed by atoms with van der Waals surface area (Å²) >= 11 is 1.89. The van der Waals surface area contributed by atoms with Gasteiger partial charge in [0.05, 0.1) is 10.9 Å². The van der Waals surface area contributed by atoms with E-state index in [9.17, 15) is 0 Å². The maximum absolute atomic E-state index is 4.38. The van der Waals surface area contributed by atoms with E-state index in [2.05, 4.69) is 15.0 Å². The topological polar surface area (TPSA) is 38.7 Å². The highest BCUT2D eigenvalue weighted by Crippen LogP contribution is 2.35. The van der Waals surface area contributed by atoms with E-state index in [1.807, 2.05) is 24.0 Å². The number of nitrogens with zero attached hydrogens (tertiary/aromatic N) is 3. The van der Waals surface area contributed by atoms with Crippen molar-refractivity contribution in [2.24, 2.45) is 0 Å². The molecule has 2 heterocycles. The van der Waals surface area contributed by atoms with Crippen LogP contribution in [0.3, 0.4) is 0 Å². The van der Waals surface area contributed by atoms with Crippen LogP contribution < -0.4 is 0 Å². The number of thioether (sulfide) groups is 1. The zero-order valence-corrected chi connectivity index (χ0v) is 9.78. The lowest BCUT2D eigenvalue weighted by atomic mass is 10.3. The SMILES string of the molecule is c1cc2ncnc(SC3CCCC3)c2cn1. The Labute approximate surface area is 98.7 Å². The van der Waals surface area contributed by atoms with Gasteiger partial charge in [0.2, 0.25) is 0 Å². The molecule has 0 saturated heterocycles. The van der Waals surface area contributed by atoms with Gasteiger partial charge in [-0.2, -0.15) is 0 Å². The second-order valence-electron chi connectivity index (χ2n) is 4.10. The Balaban J connectivity index is 1.96. The fourth-order valence-electron chi connectivity index (χ4n) is 2.14. The van der Waals surface area contributed by atoms with Gasteiger partial charge in [-0.1, -0.05) is 12.8 Å².